The second-order valence-corrected chi connectivity index (χ2v) is 12.7. The molecule has 8 rings (SSSR count). The second-order valence-electron chi connectivity index (χ2n) is 12.7. The van der Waals surface area contributed by atoms with Crippen molar-refractivity contribution in [1.82, 2.24) is 39.5 Å². The molecule has 15 heteroatoms. The molecule has 0 bridgehead atoms. The maximum atomic E-state index is 11.8. The molecule has 6 heterocycles. The van der Waals surface area contributed by atoms with E-state index in [2.05, 4.69) is 35.3 Å². The molecule has 1 atom stereocenters. The zero-order valence-electron chi connectivity index (χ0n) is 31.3. The van der Waals surface area contributed by atoms with Gasteiger partial charge in [0, 0.05) is 27.9 Å². The minimum absolute atomic E-state index is 0.139. The molecule has 284 valence electrons. The van der Waals surface area contributed by atoms with Crippen LogP contribution in [0.3, 0.4) is 0 Å². The third-order valence-corrected chi connectivity index (χ3v) is 8.93. The van der Waals surface area contributed by atoms with Gasteiger partial charge in [0.2, 0.25) is 0 Å². The number of hydrogen-bond donors (Lipinski definition) is 2. The van der Waals surface area contributed by atoms with Crippen LogP contribution in [0, 0.1) is 0 Å². The predicted molar refractivity (Wildman–Crippen MR) is 213 cm³/mol. The van der Waals surface area contributed by atoms with E-state index in [-0.39, 0.29) is 17.4 Å². The highest BCUT2D eigenvalue weighted by atomic mass is 16.5. The van der Waals surface area contributed by atoms with Gasteiger partial charge in [-0.25, -0.2) is 33.9 Å². The quantitative estimate of drug-likeness (QED) is 0.0716. The zero-order valence-corrected chi connectivity index (χ0v) is 31.3. The molecule has 6 aromatic heterocycles. The summed E-state index contributed by atoms with van der Waals surface area (Å²) < 4.78 is 12.9. The number of esters is 2. The monoisotopic (exact) mass is 760 g/mol. The number of rotatable bonds is 8. The van der Waals surface area contributed by atoms with Crippen molar-refractivity contribution in [3.05, 3.63) is 144 Å². The number of fused-ring (bicyclic) bond motifs is 2. The van der Waals surface area contributed by atoms with Gasteiger partial charge in [0.15, 0.2) is 23.0 Å². The van der Waals surface area contributed by atoms with Crippen LogP contribution < -0.4 is 5.73 Å². The van der Waals surface area contributed by atoms with E-state index in [1.165, 1.54) is 14.2 Å². The fourth-order valence-electron chi connectivity index (χ4n) is 5.95. The van der Waals surface area contributed by atoms with Crippen LogP contribution in [0.5, 0.6) is 0 Å². The van der Waals surface area contributed by atoms with Crippen molar-refractivity contribution in [2.75, 3.05) is 14.2 Å². The predicted octanol–water partition coefficient (Wildman–Crippen LogP) is 6.76. The number of pyridine rings is 4. The van der Waals surface area contributed by atoms with E-state index in [0.29, 0.717) is 23.0 Å². The Morgan fingerprint density at radius 3 is 1.61 bits per heavy atom. The Morgan fingerprint density at radius 1 is 0.649 bits per heavy atom. The number of oxime groups is 1. The van der Waals surface area contributed by atoms with Gasteiger partial charge in [-0.3, -0.25) is 4.98 Å². The van der Waals surface area contributed by atoms with Gasteiger partial charge in [0.05, 0.1) is 60.4 Å². The lowest BCUT2D eigenvalue weighted by atomic mass is 10.1. The van der Waals surface area contributed by atoms with Crippen molar-refractivity contribution in [3.8, 4) is 34.2 Å². The summed E-state index contributed by atoms with van der Waals surface area (Å²) in [7, 11) is 2.65. The third-order valence-electron chi connectivity index (χ3n) is 8.93. The van der Waals surface area contributed by atoms with Gasteiger partial charge in [0.25, 0.3) is 0 Å². The topological polar surface area (TPSA) is 198 Å². The van der Waals surface area contributed by atoms with Gasteiger partial charge in [-0.2, -0.15) is 10.2 Å². The summed E-state index contributed by atoms with van der Waals surface area (Å²) in [6, 6.07) is 33.3. The van der Waals surface area contributed by atoms with Crippen LogP contribution in [0.2, 0.25) is 0 Å². The summed E-state index contributed by atoms with van der Waals surface area (Å²) in [5.41, 5.74) is 13.3. The lowest BCUT2D eigenvalue weighted by Gasteiger charge is -2.08. The van der Waals surface area contributed by atoms with Gasteiger partial charge in [0.1, 0.15) is 5.71 Å². The number of aromatic nitrogens is 8. The molecule has 0 spiro atoms. The summed E-state index contributed by atoms with van der Waals surface area (Å²) in [6.07, 6.45) is 3.50. The first-order valence-corrected chi connectivity index (χ1v) is 17.6. The Balaban J connectivity index is 0.000000174. The zero-order chi connectivity index (χ0) is 40.1. The number of hydrogen-bond acceptors (Lipinski definition) is 13. The van der Waals surface area contributed by atoms with Crippen molar-refractivity contribution >= 4 is 39.5 Å². The van der Waals surface area contributed by atoms with E-state index < -0.39 is 11.9 Å². The molecule has 15 nitrogen and oxygen atoms in total. The number of benzene rings is 2. The van der Waals surface area contributed by atoms with Gasteiger partial charge in [-0.15, -0.1) is 0 Å². The Kier molecular flexibility index (Phi) is 10.8. The van der Waals surface area contributed by atoms with Crippen molar-refractivity contribution in [2.24, 2.45) is 10.9 Å². The molecule has 0 amide bonds. The van der Waals surface area contributed by atoms with Crippen molar-refractivity contribution < 1.29 is 24.3 Å². The number of carbonyl (C=O) groups excluding carboxylic acids is 2. The molecule has 0 saturated heterocycles. The fourth-order valence-corrected chi connectivity index (χ4v) is 5.95. The highest BCUT2D eigenvalue weighted by Gasteiger charge is 2.15. The molecule has 57 heavy (non-hydrogen) atoms. The standard InChI is InChI=1S/C21H17N5O3.C21H19N5O2/c1-13(25-28)16-5-3-6-17(23-16)14-9-10-15-12-22-26(19(15)11-14)20-8-4-7-18(24-20)21(27)29-2;1-13(22)16-5-3-6-17(24-16)14-9-10-15-12-23-26(19(15)11-14)20-8-4-7-18(25-20)21(27)28-2/h3-12,28H,1-2H3;3-13H,22H2,1-2H3/b25-13+;. The largest absolute Gasteiger partial charge is 0.464 e. The minimum atomic E-state index is -0.508. The third kappa shape index (κ3) is 7.94. The van der Waals surface area contributed by atoms with Crippen LogP contribution in [0.25, 0.3) is 56.0 Å². The van der Waals surface area contributed by atoms with E-state index in [1.54, 1.807) is 71.1 Å². The smallest absolute Gasteiger partial charge is 0.356 e. The molecule has 8 aromatic rings. The summed E-state index contributed by atoms with van der Waals surface area (Å²) in [4.78, 5) is 41.5. The lowest BCUT2D eigenvalue weighted by molar-refractivity contribution is 0.0585. The maximum Gasteiger partial charge on any atom is 0.356 e. The molecular weight excluding hydrogens is 725 g/mol. The molecule has 0 aliphatic heterocycles. The maximum absolute atomic E-state index is 11.8. The Bertz CT molecular complexity index is 2790. The van der Waals surface area contributed by atoms with E-state index in [0.717, 1.165) is 50.0 Å². The van der Waals surface area contributed by atoms with Gasteiger partial charge < -0.3 is 20.4 Å². The van der Waals surface area contributed by atoms with Crippen LogP contribution in [-0.4, -0.2) is 76.6 Å². The fraction of sp³-hybridized carbons (Fsp3) is 0.119. The van der Waals surface area contributed by atoms with Gasteiger partial charge >= 0.3 is 11.9 Å². The average molecular weight is 761 g/mol. The van der Waals surface area contributed by atoms with Crippen LogP contribution in [0.4, 0.5) is 0 Å². The number of carbonyl (C=O) groups is 2. The summed E-state index contributed by atoms with van der Waals surface area (Å²) in [5.74, 6) is 0.0409. The number of nitrogens with zero attached hydrogens (tertiary/aromatic N) is 9. The molecule has 1 unspecified atom stereocenters. The van der Waals surface area contributed by atoms with Crippen molar-refractivity contribution in [3.63, 3.8) is 0 Å². The van der Waals surface area contributed by atoms with Gasteiger partial charge in [-0.1, -0.05) is 53.7 Å². The van der Waals surface area contributed by atoms with Crippen molar-refractivity contribution in [1.29, 1.82) is 0 Å². The van der Waals surface area contributed by atoms with Crippen molar-refractivity contribution in [2.45, 2.75) is 19.9 Å². The van der Waals surface area contributed by atoms with E-state index in [4.69, 9.17) is 20.4 Å². The van der Waals surface area contributed by atoms with Crippen LogP contribution >= 0.6 is 0 Å². The number of ether oxygens (including phenoxy) is 2. The normalized spacial score (nSPS) is 11.8. The SMILES string of the molecule is COC(=O)c1cccc(-n2ncc3ccc(-c4cccc(/C(C)=N/O)n4)cc32)n1.COC(=O)c1cccc(-n2ncc3ccc(-c4cccc(C(C)N)n4)cc32)n1. The molecule has 0 saturated carbocycles. The summed E-state index contributed by atoms with van der Waals surface area (Å²) in [6.45, 7) is 3.59. The van der Waals surface area contributed by atoms with E-state index in [9.17, 15) is 9.59 Å². The number of methoxy groups -OCH3 is 2. The molecular formula is C42H36N10O5. The molecule has 3 N–H and O–H groups in total. The first-order chi connectivity index (χ1) is 27.7. The highest BCUT2D eigenvalue weighted by Crippen LogP contribution is 2.27. The first-order valence-electron chi connectivity index (χ1n) is 17.6. The summed E-state index contributed by atoms with van der Waals surface area (Å²) in [5, 5.41) is 22.9. The molecule has 0 aliphatic carbocycles. The first kappa shape index (κ1) is 37.7. The number of nitrogens with two attached hydrogens (primary N) is 1. The van der Waals surface area contributed by atoms with Crippen LogP contribution in [0.1, 0.15) is 52.3 Å². The highest BCUT2D eigenvalue weighted by molar-refractivity contribution is 5.97. The minimum Gasteiger partial charge on any atom is -0.464 e. The van der Waals surface area contributed by atoms with E-state index in [1.807, 2.05) is 73.7 Å². The molecule has 0 fully saturated rings. The van der Waals surface area contributed by atoms with E-state index >= 15 is 0 Å². The lowest BCUT2D eigenvalue weighted by Crippen LogP contribution is -2.08. The average Bonchev–Trinajstić information content (AvgIpc) is 3.90. The molecule has 2 aromatic carbocycles. The van der Waals surface area contributed by atoms with Crippen LogP contribution in [-0.2, 0) is 9.47 Å². The molecule has 0 radical (unpaired) electrons. The molecule has 0 aliphatic rings. The van der Waals surface area contributed by atoms with Crippen LogP contribution in [0.15, 0.2) is 127 Å². The Labute approximate surface area is 326 Å². The summed E-state index contributed by atoms with van der Waals surface area (Å²) >= 11 is 0. The Morgan fingerprint density at radius 2 is 1.12 bits per heavy atom. The van der Waals surface area contributed by atoms with Gasteiger partial charge in [-0.05, 0) is 74.5 Å². The Hall–Kier alpha value is -7.65. The second kappa shape index (κ2) is 16.4.